The van der Waals surface area contributed by atoms with E-state index in [2.05, 4.69) is 30.3 Å². The second kappa shape index (κ2) is 9.81. The zero-order valence-corrected chi connectivity index (χ0v) is 18.1. The van der Waals surface area contributed by atoms with E-state index < -0.39 is 0 Å². The van der Waals surface area contributed by atoms with E-state index in [1.54, 1.807) is 13.2 Å². The number of carbonyl (C=O) groups is 2. The maximum absolute atomic E-state index is 12.7. The van der Waals surface area contributed by atoms with Crippen molar-refractivity contribution >= 4 is 39.8 Å². The van der Waals surface area contributed by atoms with Gasteiger partial charge in [-0.25, -0.2) is 0 Å². The topological polar surface area (TPSA) is 55.8 Å². The minimum atomic E-state index is -0.268. The number of thioether (sulfide) groups is 1. The minimum Gasteiger partial charge on any atom is -0.488 e. The second-order valence-corrected chi connectivity index (χ2v) is 8.18. The highest BCUT2D eigenvalue weighted by molar-refractivity contribution is 8.18. The number of ether oxygens (including phenoxy) is 2. The van der Waals surface area contributed by atoms with Crippen LogP contribution in [0.25, 0.3) is 16.8 Å². The van der Waals surface area contributed by atoms with Crippen molar-refractivity contribution in [2.75, 3.05) is 20.3 Å². The highest BCUT2D eigenvalue weighted by Gasteiger charge is 2.34. The van der Waals surface area contributed by atoms with Crippen LogP contribution in [0.15, 0.2) is 71.6 Å². The molecule has 0 atom stereocenters. The van der Waals surface area contributed by atoms with Gasteiger partial charge in [0.2, 0.25) is 0 Å². The molecule has 6 heteroatoms. The first-order chi connectivity index (χ1) is 15.2. The number of nitrogens with zero attached hydrogens (tertiary/aromatic N) is 1. The van der Waals surface area contributed by atoms with Crippen LogP contribution >= 0.6 is 11.8 Å². The van der Waals surface area contributed by atoms with Crippen LogP contribution in [0, 0.1) is 0 Å². The molecule has 31 heavy (non-hydrogen) atoms. The van der Waals surface area contributed by atoms with E-state index in [1.165, 1.54) is 15.7 Å². The van der Waals surface area contributed by atoms with Crippen molar-refractivity contribution in [1.29, 1.82) is 0 Å². The molecular formula is C25H23NO4S. The molecule has 0 aliphatic carbocycles. The van der Waals surface area contributed by atoms with Gasteiger partial charge in [0.15, 0.2) is 0 Å². The summed E-state index contributed by atoms with van der Waals surface area (Å²) in [6.45, 7) is 1.27. The van der Waals surface area contributed by atoms with Gasteiger partial charge in [0.25, 0.3) is 11.1 Å². The van der Waals surface area contributed by atoms with Gasteiger partial charge < -0.3 is 9.47 Å². The maximum Gasteiger partial charge on any atom is 0.293 e. The minimum absolute atomic E-state index is 0.248. The summed E-state index contributed by atoms with van der Waals surface area (Å²) in [6, 6.07) is 22.0. The second-order valence-electron chi connectivity index (χ2n) is 7.19. The van der Waals surface area contributed by atoms with Gasteiger partial charge >= 0.3 is 0 Å². The predicted molar refractivity (Wildman–Crippen MR) is 124 cm³/mol. The molecule has 2 amide bonds. The average molecular weight is 434 g/mol. The number of hydrogen-bond donors (Lipinski definition) is 0. The summed E-state index contributed by atoms with van der Waals surface area (Å²) in [5.41, 5.74) is 1.83. The molecule has 1 aliphatic rings. The number of para-hydroxylation sites is 1. The molecule has 1 fully saturated rings. The fraction of sp³-hybridized carbons (Fsp3) is 0.200. The van der Waals surface area contributed by atoms with Gasteiger partial charge in [0, 0.05) is 25.8 Å². The van der Waals surface area contributed by atoms with E-state index in [4.69, 9.17) is 9.47 Å². The summed E-state index contributed by atoms with van der Waals surface area (Å²) in [5, 5.41) is 2.11. The van der Waals surface area contributed by atoms with Crippen LogP contribution in [0.3, 0.4) is 0 Å². The molecule has 1 saturated heterocycles. The number of amides is 2. The third kappa shape index (κ3) is 4.98. The Labute approximate surface area is 185 Å². The van der Waals surface area contributed by atoms with Crippen LogP contribution in [0.5, 0.6) is 5.75 Å². The van der Waals surface area contributed by atoms with Crippen molar-refractivity contribution in [3.05, 3.63) is 82.8 Å². The molecule has 0 N–H and O–H groups in total. The number of hydrogen-bond acceptors (Lipinski definition) is 5. The number of carbonyl (C=O) groups excluding carboxylic acids is 2. The summed E-state index contributed by atoms with van der Waals surface area (Å²) in [5.74, 6) is 0.400. The smallest absolute Gasteiger partial charge is 0.293 e. The van der Waals surface area contributed by atoms with E-state index in [0.29, 0.717) is 36.8 Å². The zero-order chi connectivity index (χ0) is 21.6. The van der Waals surface area contributed by atoms with Crippen molar-refractivity contribution < 1.29 is 19.1 Å². The van der Waals surface area contributed by atoms with Gasteiger partial charge in [-0.1, -0.05) is 54.6 Å². The molecule has 0 bridgehead atoms. The molecule has 3 aromatic carbocycles. The van der Waals surface area contributed by atoms with E-state index in [1.807, 2.05) is 36.4 Å². The highest BCUT2D eigenvalue weighted by Crippen LogP contribution is 2.34. The van der Waals surface area contributed by atoms with Gasteiger partial charge in [-0.15, -0.1) is 0 Å². The normalized spacial score (nSPS) is 15.3. The Hall–Kier alpha value is -3.09. The van der Waals surface area contributed by atoms with Gasteiger partial charge in [-0.2, -0.15) is 0 Å². The fourth-order valence-electron chi connectivity index (χ4n) is 3.42. The lowest BCUT2D eigenvalue weighted by molar-refractivity contribution is -0.122. The third-order valence-electron chi connectivity index (χ3n) is 5.02. The summed E-state index contributed by atoms with van der Waals surface area (Å²) >= 11 is 0.961. The lowest BCUT2D eigenvalue weighted by Crippen LogP contribution is -2.29. The maximum atomic E-state index is 12.7. The number of imide groups is 1. The highest BCUT2D eigenvalue weighted by atomic mass is 32.2. The van der Waals surface area contributed by atoms with Gasteiger partial charge in [-0.05, 0) is 52.7 Å². The van der Waals surface area contributed by atoms with Crippen molar-refractivity contribution in [1.82, 2.24) is 4.90 Å². The Balaban J connectivity index is 1.49. The standard InChI is InChI=1S/C25H23NO4S/c1-29-14-6-13-26-24(27)23(31-25(26)28)16-21-9-4-5-10-22(21)30-17-18-11-12-19-7-2-3-8-20(19)15-18/h2-5,7-12,15-16H,6,13-14,17H2,1H3/b23-16+. The lowest BCUT2D eigenvalue weighted by Gasteiger charge is -2.12. The number of fused-ring (bicyclic) bond motifs is 1. The summed E-state index contributed by atoms with van der Waals surface area (Å²) in [4.78, 5) is 26.6. The van der Waals surface area contributed by atoms with Crippen LogP contribution in [0.4, 0.5) is 4.79 Å². The largest absolute Gasteiger partial charge is 0.488 e. The molecule has 0 radical (unpaired) electrons. The Bertz CT molecular complexity index is 1140. The van der Waals surface area contributed by atoms with Crippen LogP contribution in [0.2, 0.25) is 0 Å². The predicted octanol–water partition coefficient (Wildman–Crippen LogP) is 5.49. The molecule has 4 rings (SSSR count). The summed E-state index contributed by atoms with van der Waals surface area (Å²) in [7, 11) is 1.60. The van der Waals surface area contributed by atoms with E-state index >= 15 is 0 Å². The molecule has 0 spiro atoms. The fourth-order valence-corrected chi connectivity index (χ4v) is 4.28. The molecule has 0 aromatic heterocycles. The molecule has 3 aromatic rings. The van der Waals surface area contributed by atoms with Gasteiger partial charge in [0.1, 0.15) is 12.4 Å². The Morgan fingerprint density at radius 3 is 2.58 bits per heavy atom. The summed E-state index contributed by atoms with van der Waals surface area (Å²) < 4.78 is 11.1. The monoisotopic (exact) mass is 433 g/mol. The zero-order valence-electron chi connectivity index (χ0n) is 17.2. The SMILES string of the molecule is COCCCN1C(=O)S/C(=C/c2ccccc2OCc2ccc3ccccc3c2)C1=O. The van der Waals surface area contributed by atoms with Gasteiger partial charge in [0.05, 0.1) is 4.91 Å². The first kappa shape index (κ1) is 21.2. The van der Waals surface area contributed by atoms with Crippen LogP contribution < -0.4 is 4.74 Å². The average Bonchev–Trinajstić information content (AvgIpc) is 3.06. The van der Waals surface area contributed by atoms with Crippen molar-refractivity contribution in [3.8, 4) is 5.75 Å². The quantitative estimate of drug-likeness (QED) is 0.347. The number of methoxy groups -OCH3 is 1. The summed E-state index contributed by atoms with van der Waals surface area (Å²) in [6.07, 6.45) is 2.35. The first-order valence-corrected chi connectivity index (χ1v) is 10.9. The van der Waals surface area contributed by atoms with Crippen molar-refractivity contribution in [3.63, 3.8) is 0 Å². The number of rotatable bonds is 8. The first-order valence-electron chi connectivity index (χ1n) is 10.1. The van der Waals surface area contributed by atoms with Crippen LogP contribution in [0.1, 0.15) is 17.5 Å². The lowest BCUT2D eigenvalue weighted by atomic mass is 10.1. The van der Waals surface area contributed by atoms with Crippen LogP contribution in [-0.2, 0) is 16.1 Å². The Morgan fingerprint density at radius 1 is 0.968 bits per heavy atom. The number of benzene rings is 3. The van der Waals surface area contributed by atoms with E-state index in [9.17, 15) is 9.59 Å². The molecule has 158 valence electrons. The third-order valence-corrected chi connectivity index (χ3v) is 5.92. The molecule has 1 heterocycles. The molecule has 0 saturated carbocycles. The Morgan fingerprint density at radius 2 is 1.74 bits per heavy atom. The molecule has 0 unspecified atom stereocenters. The Kier molecular flexibility index (Phi) is 6.70. The molecular weight excluding hydrogens is 410 g/mol. The molecule has 1 aliphatic heterocycles. The van der Waals surface area contributed by atoms with Crippen LogP contribution in [-0.4, -0.2) is 36.3 Å². The van der Waals surface area contributed by atoms with E-state index in [0.717, 1.165) is 22.9 Å². The van der Waals surface area contributed by atoms with Gasteiger partial charge in [-0.3, -0.25) is 14.5 Å². The molecule has 5 nitrogen and oxygen atoms in total. The van der Waals surface area contributed by atoms with Crippen molar-refractivity contribution in [2.45, 2.75) is 13.0 Å². The van der Waals surface area contributed by atoms with Crippen molar-refractivity contribution in [2.24, 2.45) is 0 Å². The van der Waals surface area contributed by atoms with E-state index in [-0.39, 0.29) is 11.1 Å².